The Kier molecular flexibility index (Phi) is 8.92. The monoisotopic (exact) mass is 763 g/mol. The molecular weight excluding hydrogens is 715 g/mol. The number of carbonyl (C=O) groups is 4. The van der Waals surface area contributed by atoms with Crippen molar-refractivity contribution < 1.29 is 24.3 Å². The normalized spacial score (nSPS) is 23.0. The predicted octanol–water partition coefficient (Wildman–Crippen LogP) is 6.50. The molecular formula is C47H49N5O5. The fourth-order valence-electron chi connectivity index (χ4n) is 10.8. The zero-order valence-corrected chi connectivity index (χ0v) is 32.4. The topological polar surface area (TPSA) is 105 Å². The molecule has 0 radical (unpaired) electrons. The van der Waals surface area contributed by atoms with Crippen molar-refractivity contribution in [3.05, 3.63) is 129 Å². The number of likely N-dealkylation sites (tertiary alicyclic amines) is 1. The van der Waals surface area contributed by atoms with Crippen molar-refractivity contribution in [3.63, 3.8) is 0 Å². The van der Waals surface area contributed by atoms with E-state index in [0.29, 0.717) is 43.3 Å². The van der Waals surface area contributed by atoms with Crippen molar-refractivity contribution in [1.29, 1.82) is 0 Å². The van der Waals surface area contributed by atoms with Crippen molar-refractivity contribution in [2.45, 2.75) is 82.8 Å². The Balaban J connectivity index is 0.749. The van der Waals surface area contributed by atoms with E-state index in [4.69, 9.17) is 0 Å². The number of hydrazine groups is 1. The minimum Gasteiger partial charge on any atom is -0.508 e. The number of nitrogens with zero attached hydrogens (tertiary/aromatic N) is 5. The zero-order valence-electron chi connectivity index (χ0n) is 32.4. The second-order valence-corrected chi connectivity index (χ2v) is 17.3. The van der Waals surface area contributed by atoms with E-state index >= 15 is 0 Å². The molecule has 5 heterocycles. The Bertz CT molecular complexity index is 2250. The lowest BCUT2D eigenvalue weighted by Gasteiger charge is -2.40. The maximum absolute atomic E-state index is 13.7. The summed E-state index contributed by atoms with van der Waals surface area (Å²) in [6.07, 6.45) is 6.25. The number of benzene rings is 4. The molecule has 10 heteroatoms. The number of hydrogen-bond acceptors (Lipinski definition) is 7. The SMILES string of the molecule is O=C(CN1Cc2cc3c(cc2C1)C(=O)N(N1C(=O)CCCC1=O)C3)N1CCC2(CCN(c3ccc([C@@H]4c5ccc(O)cc5CC[C@@H]4c4ccccc4)cc3)CC2)C1. The second-order valence-electron chi connectivity index (χ2n) is 17.3. The predicted molar refractivity (Wildman–Crippen MR) is 215 cm³/mol. The van der Waals surface area contributed by atoms with Crippen LogP contribution in [0.3, 0.4) is 0 Å². The molecule has 10 nitrogen and oxygen atoms in total. The number of phenols is 1. The van der Waals surface area contributed by atoms with Crippen LogP contribution in [-0.2, 0) is 40.4 Å². The van der Waals surface area contributed by atoms with Gasteiger partial charge in [-0.05, 0) is 119 Å². The molecule has 10 rings (SSSR count). The summed E-state index contributed by atoms with van der Waals surface area (Å²) in [7, 11) is 0. The molecule has 292 valence electrons. The van der Waals surface area contributed by atoms with Crippen LogP contribution < -0.4 is 4.90 Å². The van der Waals surface area contributed by atoms with Crippen LogP contribution in [0.1, 0.15) is 106 Å². The Labute approximate surface area is 333 Å². The number of rotatable bonds is 6. The summed E-state index contributed by atoms with van der Waals surface area (Å²) < 4.78 is 0. The van der Waals surface area contributed by atoms with Gasteiger partial charge in [0.25, 0.3) is 5.91 Å². The fraction of sp³-hybridized carbons (Fsp3) is 0.404. The number of hydrogen-bond donors (Lipinski definition) is 1. The van der Waals surface area contributed by atoms with Crippen LogP contribution in [0.15, 0.2) is 84.9 Å². The van der Waals surface area contributed by atoms with E-state index in [2.05, 4.69) is 75.4 Å². The lowest BCUT2D eigenvalue weighted by atomic mass is 9.69. The van der Waals surface area contributed by atoms with E-state index in [1.165, 1.54) is 33.0 Å². The summed E-state index contributed by atoms with van der Waals surface area (Å²) in [6.45, 7) is 5.36. The number of piperidine rings is 2. The second kappa shape index (κ2) is 14.2. The molecule has 3 saturated heterocycles. The molecule has 4 amide bonds. The van der Waals surface area contributed by atoms with Crippen molar-refractivity contribution in [2.24, 2.45) is 5.41 Å². The average Bonchev–Trinajstić information content (AvgIpc) is 3.91. The summed E-state index contributed by atoms with van der Waals surface area (Å²) in [5, 5.41) is 12.6. The molecule has 57 heavy (non-hydrogen) atoms. The van der Waals surface area contributed by atoms with Crippen molar-refractivity contribution in [1.82, 2.24) is 19.8 Å². The molecule has 2 atom stereocenters. The van der Waals surface area contributed by atoms with Gasteiger partial charge in [0.1, 0.15) is 5.75 Å². The standard InChI is InChI=1S/C47H49N5O5/c53-38-14-16-40-33(24-38)11-15-39(31-5-2-1-3-6-31)45(40)32-9-12-37(13-10-32)49-20-17-47(18-21-49)19-22-50(30-47)44(56)29-48-26-34-23-36-28-51(46(57)41(36)25-35(34)27-48)52-42(54)7-4-8-43(52)55/h1-3,5-6,9-10,12-14,16,23-25,39,45,53H,4,7-8,11,15,17-22,26-30H2/t39-,45+/m1/s1. The molecule has 0 aromatic heterocycles. The molecule has 1 N–H and O–H groups in total. The number of fused-ring (bicyclic) bond motifs is 3. The molecule has 0 bridgehead atoms. The number of anilines is 1. The number of aryl methyl sites for hydroxylation is 1. The molecule has 0 saturated carbocycles. The molecule has 3 fully saturated rings. The summed E-state index contributed by atoms with van der Waals surface area (Å²) in [5.41, 5.74) is 10.2. The zero-order chi connectivity index (χ0) is 38.8. The van der Waals surface area contributed by atoms with Crippen LogP contribution >= 0.6 is 0 Å². The van der Waals surface area contributed by atoms with E-state index in [0.717, 1.165) is 80.0 Å². The van der Waals surface area contributed by atoms with E-state index in [9.17, 15) is 24.3 Å². The molecule has 0 unspecified atom stereocenters. The summed E-state index contributed by atoms with van der Waals surface area (Å²) in [5.74, 6) is 0.182. The number of phenolic OH excluding ortho intramolecular Hbond substituents is 1. The Morgan fingerprint density at radius 2 is 1.44 bits per heavy atom. The van der Waals surface area contributed by atoms with Gasteiger partial charge in [-0.15, -0.1) is 0 Å². The maximum Gasteiger partial charge on any atom is 0.273 e. The van der Waals surface area contributed by atoms with Gasteiger partial charge >= 0.3 is 0 Å². The minimum absolute atomic E-state index is 0.157. The molecule has 4 aromatic rings. The number of carbonyl (C=O) groups excluding carboxylic acids is 4. The van der Waals surface area contributed by atoms with Crippen LogP contribution in [-0.4, -0.2) is 81.3 Å². The largest absolute Gasteiger partial charge is 0.508 e. The third kappa shape index (κ3) is 6.48. The fourth-order valence-corrected chi connectivity index (χ4v) is 10.8. The first-order valence-corrected chi connectivity index (χ1v) is 20.8. The van der Waals surface area contributed by atoms with Crippen LogP contribution in [0.4, 0.5) is 5.69 Å². The highest BCUT2D eigenvalue weighted by Gasteiger charge is 2.44. The highest BCUT2D eigenvalue weighted by Crippen LogP contribution is 2.48. The first-order chi connectivity index (χ1) is 27.7. The van der Waals surface area contributed by atoms with Crippen LogP contribution in [0.25, 0.3) is 0 Å². The average molecular weight is 764 g/mol. The maximum atomic E-state index is 13.7. The van der Waals surface area contributed by atoms with E-state index in [-0.39, 0.29) is 54.3 Å². The van der Waals surface area contributed by atoms with Gasteiger partial charge in [-0.3, -0.25) is 24.1 Å². The first kappa shape index (κ1) is 35.9. The van der Waals surface area contributed by atoms with Crippen molar-refractivity contribution >= 4 is 29.3 Å². The minimum atomic E-state index is -0.313. The van der Waals surface area contributed by atoms with Crippen molar-refractivity contribution in [3.8, 4) is 5.75 Å². The lowest BCUT2D eigenvalue weighted by Crippen LogP contribution is -2.52. The van der Waals surface area contributed by atoms with Gasteiger partial charge in [-0.25, -0.2) is 5.01 Å². The highest BCUT2D eigenvalue weighted by molar-refractivity contribution is 6.04. The number of aromatic hydroxyl groups is 1. The van der Waals surface area contributed by atoms with Gasteiger partial charge in [0.2, 0.25) is 17.7 Å². The molecule has 5 aliphatic heterocycles. The lowest BCUT2D eigenvalue weighted by molar-refractivity contribution is -0.163. The van der Waals surface area contributed by atoms with E-state index in [1.54, 1.807) is 0 Å². The smallest absolute Gasteiger partial charge is 0.273 e. The van der Waals surface area contributed by atoms with Crippen molar-refractivity contribution in [2.75, 3.05) is 37.6 Å². The molecule has 1 spiro atoms. The Hall–Kier alpha value is -5.48. The summed E-state index contributed by atoms with van der Waals surface area (Å²) in [6, 6.07) is 29.9. The highest BCUT2D eigenvalue weighted by atomic mass is 16.3. The van der Waals surface area contributed by atoms with Gasteiger partial charge in [0.15, 0.2) is 0 Å². The first-order valence-electron chi connectivity index (χ1n) is 20.8. The Morgan fingerprint density at radius 3 is 2.19 bits per heavy atom. The molecule has 1 aliphatic carbocycles. The summed E-state index contributed by atoms with van der Waals surface area (Å²) in [4.78, 5) is 58.8. The van der Waals surface area contributed by atoms with Crippen LogP contribution in [0.2, 0.25) is 0 Å². The molecule has 6 aliphatic rings. The van der Waals surface area contributed by atoms with Crippen LogP contribution in [0.5, 0.6) is 5.75 Å². The van der Waals surface area contributed by atoms with Gasteiger partial charge < -0.3 is 14.9 Å². The third-order valence-corrected chi connectivity index (χ3v) is 13.9. The van der Waals surface area contributed by atoms with Gasteiger partial charge in [0, 0.05) is 69.3 Å². The van der Waals surface area contributed by atoms with Gasteiger partial charge in [-0.2, -0.15) is 5.01 Å². The van der Waals surface area contributed by atoms with Gasteiger partial charge in [0.05, 0.1) is 13.1 Å². The number of amides is 4. The van der Waals surface area contributed by atoms with Gasteiger partial charge in [-0.1, -0.05) is 54.6 Å². The molecule has 4 aromatic carbocycles. The van der Waals surface area contributed by atoms with E-state index in [1.807, 2.05) is 24.3 Å². The summed E-state index contributed by atoms with van der Waals surface area (Å²) >= 11 is 0. The number of imide groups is 1. The quantitative estimate of drug-likeness (QED) is 0.224. The third-order valence-electron chi connectivity index (χ3n) is 13.9. The van der Waals surface area contributed by atoms with E-state index < -0.39 is 0 Å². The van der Waals surface area contributed by atoms with Crippen LogP contribution in [0, 0.1) is 5.41 Å². The Morgan fingerprint density at radius 1 is 0.719 bits per heavy atom.